The number of benzene rings is 9. The van der Waals surface area contributed by atoms with E-state index < -0.39 is 10.8 Å². The second-order valence-corrected chi connectivity index (χ2v) is 20.5. The minimum atomic E-state index is -0.495. The number of thiophene rings is 1. The topological polar surface area (TPSA) is 25.8 Å². The van der Waals surface area contributed by atoms with Crippen LogP contribution in [0.1, 0.15) is 38.9 Å². The maximum Gasteiger partial charge on any atom is 0.160 e. The molecule has 0 bridgehead atoms. The van der Waals surface area contributed by atoms with E-state index in [1.807, 2.05) is 11.3 Å². The lowest BCUT2D eigenvalue weighted by Crippen LogP contribution is -2.34. The lowest BCUT2D eigenvalue weighted by Gasteiger charge is -2.40. The molecular weight excluding hydrogens is 877 g/mol. The van der Waals surface area contributed by atoms with E-state index in [-0.39, 0.29) is 5.92 Å². The molecule has 332 valence electrons. The number of allylic oxidation sites excluding steroid dienone is 6. The third-order valence-electron chi connectivity index (χ3n) is 16.1. The highest BCUT2D eigenvalue weighted by Crippen LogP contribution is 2.62. The van der Waals surface area contributed by atoms with Crippen LogP contribution in [0, 0.1) is 5.92 Å². The molecule has 15 rings (SSSR count). The maximum absolute atomic E-state index is 5.91. The Balaban J connectivity index is 1.05. The molecule has 1 atom stereocenters. The van der Waals surface area contributed by atoms with Crippen molar-refractivity contribution in [3.05, 3.63) is 288 Å². The van der Waals surface area contributed by atoms with Gasteiger partial charge in [-0.2, -0.15) is 0 Å². The molecule has 4 aliphatic carbocycles. The molecule has 1 unspecified atom stereocenters. The zero-order valence-electron chi connectivity index (χ0n) is 38.8. The fraction of sp³-hybridized carbons (Fsp3) is 0.0588. The third-order valence-corrected chi connectivity index (χ3v) is 17.3. The Morgan fingerprint density at radius 1 is 0.408 bits per heavy atom. The van der Waals surface area contributed by atoms with Crippen molar-refractivity contribution in [3.8, 4) is 67.3 Å². The highest BCUT2D eigenvalue weighted by molar-refractivity contribution is 7.26. The van der Waals surface area contributed by atoms with Crippen LogP contribution < -0.4 is 0 Å². The molecule has 1 spiro atoms. The Labute approximate surface area is 417 Å². The van der Waals surface area contributed by atoms with Crippen molar-refractivity contribution in [2.45, 2.75) is 17.3 Å². The summed E-state index contributed by atoms with van der Waals surface area (Å²) >= 11 is 1.85. The SMILES string of the molecule is C1=CC=CC(C2(c3ccccc3)c3ccccc3-c3c(-c4cc(-c5cccc6c5sc5ccccc56)nc(-c5cccc6c5C5(Cc7ccccc7-6)c6ccccc6-c6ccccc65)n4)cccc32)C=C1. The van der Waals surface area contributed by atoms with Gasteiger partial charge in [0.25, 0.3) is 0 Å². The number of fused-ring (bicyclic) bond motifs is 15. The van der Waals surface area contributed by atoms with Gasteiger partial charge < -0.3 is 0 Å². The van der Waals surface area contributed by atoms with Gasteiger partial charge in [-0.25, -0.2) is 9.97 Å². The summed E-state index contributed by atoms with van der Waals surface area (Å²) in [6.07, 6.45) is 14.3. The Morgan fingerprint density at radius 3 is 1.75 bits per heavy atom. The molecule has 0 N–H and O–H groups in total. The van der Waals surface area contributed by atoms with Gasteiger partial charge >= 0.3 is 0 Å². The van der Waals surface area contributed by atoms with Crippen LogP contribution in [-0.2, 0) is 17.3 Å². The van der Waals surface area contributed by atoms with E-state index in [1.165, 1.54) is 92.5 Å². The molecule has 0 radical (unpaired) electrons. The Hall–Kier alpha value is -8.50. The molecule has 11 aromatic rings. The molecule has 2 aromatic heterocycles. The summed E-state index contributed by atoms with van der Waals surface area (Å²) in [6.45, 7) is 0. The minimum Gasteiger partial charge on any atom is -0.228 e. The summed E-state index contributed by atoms with van der Waals surface area (Å²) in [5.41, 5.74) is 20.8. The van der Waals surface area contributed by atoms with Crippen LogP contribution in [0.3, 0.4) is 0 Å². The number of rotatable bonds is 5. The molecule has 71 heavy (non-hydrogen) atoms. The monoisotopic (exact) mass is 920 g/mol. The summed E-state index contributed by atoms with van der Waals surface area (Å²) in [6, 6.07) is 79.0. The second kappa shape index (κ2) is 15.5. The summed E-state index contributed by atoms with van der Waals surface area (Å²) in [4.78, 5) is 11.7. The molecule has 4 aliphatic rings. The number of hydrogen-bond acceptors (Lipinski definition) is 3. The first-order valence-electron chi connectivity index (χ1n) is 24.7. The largest absolute Gasteiger partial charge is 0.228 e. The van der Waals surface area contributed by atoms with Gasteiger partial charge in [-0.1, -0.05) is 237 Å². The summed E-state index contributed by atoms with van der Waals surface area (Å²) in [5.74, 6) is 0.777. The number of nitrogens with zero attached hydrogens (tertiary/aromatic N) is 2. The molecule has 0 fully saturated rings. The predicted molar refractivity (Wildman–Crippen MR) is 295 cm³/mol. The fourth-order valence-corrected chi connectivity index (χ4v) is 14.5. The molecule has 0 amide bonds. The first-order valence-corrected chi connectivity index (χ1v) is 25.6. The zero-order chi connectivity index (χ0) is 46.7. The predicted octanol–water partition coefficient (Wildman–Crippen LogP) is 17.0. The first kappa shape index (κ1) is 40.4. The highest BCUT2D eigenvalue weighted by atomic mass is 32.1. The number of aromatic nitrogens is 2. The van der Waals surface area contributed by atoms with Crippen molar-refractivity contribution in [1.82, 2.24) is 9.97 Å². The van der Waals surface area contributed by atoms with E-state index >= 15 is 0 Å². The van der Waals surface area contributed by atoms with Gasteiger partial charge in [-0.05, 0) is 90.9 Å². The highest BCUT2D eigenvalue weighted by Gasteiger charge is 2.51. The van der Waals surface area contributed by atoms with E-state index in [0.717, 1.165) is 40.3 Å². The van der Waals surface area contributed by atoms with Gasteiger partial charge in [0.15, 0.2) is 5.82 Å². The summed E-state index contributed by atoms with van der Waals surface area (Å²) in [7, 11) is 0. The lowest BCUT2D eigenvalue weighted by molar-refractivity contribution is 0.537. The van der Waals surface area contributed by atoms with E-state index in [1.54, 1.807) is 0 Å². The second-order valence-electron chi connectivity index (χ2n) is 19.4. The average Bonchev–Trinajstić information content (AvgIpc) is 3.96. The van der Waals surface area contributed by atoms with Gasteiger partial charge in [-0.15, -0.1) is 11.3 Å². The molecule has 9 aromatic carbocycles. The standard InChI is InChI=1S/C68H44N2S/c1-2-5-23-44(22-4-1)68(45-24-6-3-7-25-45)58-38-16-12-30-52(58)63-53(33-20-39-59(63)68)60-41-61(54-34-19-32-51-49-29-13-17-40-62(49)71-65(51)54)70-66(69-60)55-35-18-31-50-46-26-9-8-21-43(46)42-67(64(50)55)56-36-14-10-27-47(56)48-28-11-15-37-57(48)67/h1-41,44H,42H2. The van der Waals surface area contributed by atoms with Crippen LogP contribution >= 0.6 is 11.3 Å². The van der Waals surface area contributed by atoms with Crippen molar-refractivity contribution in [1.29, 1.82) is 0 Å². The normalized spacial score (nSPS) is 16.6. The van der Waals surface area contributed by atoms with Gasteiger partial charge in [0.2, 0.25) is 0 Å². The lowest BCUT2D eigenvalue weighted by atomic mass is 9.61. The van der Waals surface area contributed by atoms with Crippen molar-refractivity contribution in [2.24, 2.45) is 5.92 Å². The molecule has 0 saturated heterocycles. The summed E-state index contributed by atoms with van der Waals surface area (Å²) in [5, 5.41) is 2.52. The minimum absolute atomic E-state index is 0.0479. The van der Waals surface area contributed by atoms with Crippen LogP contribution in [0.2, 0.25) is 0 Å². The van der Waals surface area contributed by atoms with E-state index in [2.05, 4.69) is 249 Å². The molecule has 3 heteroatoms. The van der Waals surface area contributed by atoms with Crippen LogP contribution in [0.15, 0.2) is 249 Å². The number of hydrogen-bond donors (Lipinski definition) is 0. The van der Waals surface area contributed by atoms with E-state index in [4.69, 9.17) is 9.97 Å². The van der Waals surface area contributed by atoms with Gasteiger partial charge in [-0.3, -0.25) is 0 Å². The zero-order valence-corrected chi connectivity index (χ0v) is 39.6. The quantitative estimate of drug-likeness (QED) is 0.172. The van der Waals surface area contributed by atoms with Crippen LogP contribution in [-0.4, -0.2) is 9.97 Å². The fourth-order valence-electron chi connectivity index (χ4n) is 13.3. The van der Waals surface area contributed by atoms with Gasteiger partial charge in [0.1, 0.15) is 0 Å². The van der Waals surface area contributed by atoms with Crippen molar-refractivity contribution in [3.63, 3.8) is 0 Å². The van der Waals surface area contributed by atoms with Gasteiger partial charge in [0.05, 0.1) is 22.2 Å². The van der Waals surface area contributed by atoms with Crippen molar-refractivity contribution < 1.29 is 0 Å². The van der Waals surface area contributed by atoms with Crippen LogP contribution in [0.5, 0.6) is 0 Å². The Bertz CT molecular complexity index is 4050. The third kappa shape index (κ3) is 5.64. The smallest absolute Gasteiger partial charge is 0.160 e. The Kier molecular flexibility index (Phi) is 8.82. The maximum atomic E-state index is 5.91. The molecule has 0 saturated carbocycles. The Morgan fingerprint density at radius 2 is 0.958 bits per heavy atom. The molecule has 2 heterocycles. The molecular formula is C68H44N2S. The average molecular weight is 921 g/mol. The van der Waals surface area contributed by atoms with Gasteiger partial charge in [0, 0.05) is 42.8 Å². The van der Waals surface area contributed by atoms with E-state index in [9.17, 15) is 0 Å². The van der Waals surface area contributed by atoms with Crippen LogP contribution in [0.25, 0.3) is 87.5 Å². The van der Waals surface area contributed by atoms with Crippen molar-refractivity contribution >= 4 is 31.5 Å². The first-order chi connectivity index (χ1) is 35.2. The molecule has 0 aliphatic heterocycles. The van der Waals surface area contributed by atoms with E-state index in [0.29, 0.717) is 0 Å². The van der Waals surface area contributed by atoms with Crippen molar-refractivity contribution in [2.75, 3.05) is 0 Å². The summed E-state index contributed by atoms with van der Waals surface area (Å²) < 4.78 is 2.50. The van der Waals surface area contributed by atoms with Crippen LogP contribution in [0.4, 0.5) is 0 Å². The molecule has 2 nitrogen and oxygen atoms in total.